The molecular weight excluding hydrogens is 506 g/mol. The predicted octanol–water partition coefficient (Wildman–Crippen LogP) is 4.92. The molecule has 0 spiro atoms. The van der Waals surface area contributed by atoms with Crippen molar-refractivity contribution in [1.82, 2.24) is 44.5 Å². The molecule has 35 heavy (non-hydrogen) atoms. The Morgan fingerprint density at radius 3 is 2.60 bits per heavy atom. The van der Waals surface area contributed by atoms with Crippen LogP contribution in [0.15, 0.2) is 53.3 Å². The minimum absolute atomic E-state index is 0.530. The Morgan fingerprint density at radius 2 is 1.83 bits per heavy atom. The Balaban J connectivity index is 1.45. The van der Waals surface area contributed by atoms with E-state index in [1.54, 1.807) is 0 Å². The van der Waals surface area contributed by atoms with Crippen molar-refractivity contribution in [3.8, 4) is 22.6 Å². The van der Waals surface area contributed by atoms with Crippen LogP contribution in [0, 0.1) is 13.8 Å². The molecule has 0 fully saturated rings. The van der Waals surface area contributed by atoms with E-state index in [4.69, 9.17) is 15.0 Å². The van der Waals surface area contributed by atoms with E-state index in [1.165, 1.54) is 0 Å². The second-order valence-electron chi connectivity index (χ2n) is 8.52. The van der Waals surface area contributed by atoms with Crippen LogP contribution in [-0.4, -0.2) is 44.5 Å². The smallest absolute Gasteiger partial charge is 0.205 e. The first kappa shape index (κ1) is 21.6. The Hall–Kier alpha value is -3.92. The molecule has 0 aliphatic heterocycles. The molecule has 5 aromatic heterocycles. The zero-order valence-electron chi connectivity index (χ0n) is 19.5. The van der Waals surface area contributed by atoms with Crippen molar-refractivity contribution in [1.29, 1.82) is 0 Å². The molecule has 6 aromatic rings. The maximum atomic E-state index is 4.90. The van der Waals surface area contributed by atoms with Crippen molar-refractivity contribution in [2.45, 2.75) is 33.7 Å². The van der Waals surface area contributed by atoms with Crippen LogP contribution in [0.25, 0.3) is 39.5 Å². The van der Waals surface area contributed by atoms with Crippen LogP contribution in [0.5, 0.6) is 0 Å². The zero-order chi connectivity index (χ0) is 24.1. The number of hydrogen-bond donors (Lipinski definition) is 1. The van der Waals surface area contributed by atoms with Crippen LogP contribution in [0.4, 0.5) is 0 Å². The van der Waals surface area contributed by atoms with Crippen LogP contribution in [0.3, 0.4) is 0 Å². The van der Waals surface area contributed by atoms with Crippen molar-refractivity contribution in [2.24, 2.45) is 0 Å². The summed E-state index contributed by atoms with van der Waals surface area (Å²) in [4.78, 5) is 14.6. The fraction of sp³-hybridized carbons (Fsp3) is 0.200. The molecule has 0 bridgehead atoms. The van der Waals surface area contributed by atoms with Crippen molar-refractivity contribution >= 4 is 32.7 Å². The van der Waals surface area contributed by atoms with E-state index >= 15 is 0 Å². The van der Waals surface area contributed by atoms with E-state index < -0.39 is 0 Å². The number of aryl methyl sites for hydroxylation is 3. The first-order chi connectivity index (χ1) is 17.0. The van der Waals surface area contributed by atoms with Crippen molar-refractivity contribution in [2.75, 3.05) is 0 Å². The molecule has 0 saturated heterocycles. The fourth-order valence-electron chi connectivity index (χ4n) is 4.55. The number of pyridine rings is 2. The van der Waals surface area contributed by atoms with Crippen molar-refractivity contribution in [3.05, 3.63) is 75.9 Å². The average Bonchev–Trinajstić information content (AvgIpc) is 3.58. The van der Waals surface area contributed by atoms with Gasteiger partial charge in [-0.15, -0.1) is 10.2 Å². The van der Waals surface area contributed by atoms with E-state index in [0.29, 0.717) is 12.4 Å². The number of imidazole rings is 2. The van der Waals surface area contributed by atoms with Gasteiger partial charge in [-0.05, 0) is 58.3 Å². The summed E-state index contributed by atoms with van der Waals surface area (Å²) in [5, 5.41) is 14.5. The monoisotopic (exact) mass is 527 g/mol. The van der Waals surface area contributed by atoms with Crippen molar-refractivity contribution in [3.63, 3.8) is 0 Å². The number of rotatable bonds is 5. The number of fused-ring (bicyclic) bond motifs is 2. The van der Waals surface area contributed by atoms with E-state index in [2.05, 4.69) is 77.7 Å². The molecule has 0 unspecified atom stereocenters. The first-order valence-corrected chi connectivity index (χ1v) is 12.2. The largest absolute Gasteiger partial charge is 0.308 e. The lowest BCUT2D eigenvalue weighted by Gasteiger charge is -2.09. The molecule has 0 atom stereocenters. The van der Waals surface area contributed by atoms with E-state index in [9.17, 15) is 0 Å². The third kappa shape index (κ3) is 3.61. The van der Waals surface area contributed by atoms with Gasteiger partial charge in [-0.3, -0.25) is 4.40 Å². The number of aromatic nitrogens is 9. The van der Waals surface area contributed by atoms with Gasteiger partial charge in [-0.1, -0.05) is 37.3 Å². The number of nitrogens with zero attached hydrogens (tertiary/aromatic N) is 8. The highest BCUT2D eigenvalue weighted by Gasteiger charge is 2.19. The lowest BCUT2D eigenvalue weighted by molar-refractivity contribution is 0.741. The lowest BCUT2D eigenvalue weighted by Crippen LogP contribution is -2.06. The van der Waals surface area contributed by atoms with Crippen LogP contribution < -0.4 is 0 Å². The zero-order valence-corrected chi connectivity index (χ0v) is 21.1. The minimum atomic E-state index is 0.530. The lowest BCUT2D eigenvalue weighted by atomic mass is 10.0. The number of hydrogen-bond acceptors (Lipinski definition) is 6. The SMILES string of the molecule is CCc1nc2c(C)cc(C)nc2n1Cc1ccc2nc(-c3ccccc3-c3nn[nH]n3)c(Br)n2c1. The second-order valence-corrected chi connectivity index (χ2v) is 9.27. The maximum absolute atomic E-state index is 4.90. The third-order valence-electron chi connectivity index (χ3n) is 6.15. The molecule has 6 rings (SSSR count). The highest BCUT2D eigenvalue weighted by molar-refractivity contribution is 9.10. The number of nitrogens with one attached hydrogen (secondary N) is 1. The number of aromatic amines is 1. The summed E-state index contributed by atoms with van der Waals surface area (Å²) in [7, 11) is 0. The topological polar surface area (TPSA) is 102 Å². The summed E-state index contributed by atoms with van der Waals surface area (Å²) >= 11 is 3.79. The average molecular weight is 528 g/mol. The summed E-state index contributed by atoms with van der Waals surface area (Å²) in [5.74, 6) is 1.56. The van der Waals surface area contributed by atoms with Gasteiger partial charge in [0, 0.05) is 29.4 Å². The summed E-state index contributed by atoms with van der Waals surface area (Å²) < 4.78 is 5.14. The van der Waals surface area contributed by atoms with Gasteiger partial charge in [0.15, 0.2) is 5.65 Å². The van der Waals surface area contributed by atoms with Gasteiger partial charge in [0.2, 0.25) is 5.82 Å². The first-order valence-electron chi connectivity index (χ1n) is 11.4. The van der Waals surface area contributed by atoms with Gasteiger partial charge in [0.05, 0.1) is 6.54 Å². The molecule has 0 radical (unpaired) electrons. The van der Waals surface area contributed by atoms with Crippen molar-refractivity contribution < 1.29 is 0 Å². The van der Waals surface area contributed by atoms with Gasteiger partial charge < -0.3 is 4.57 Å². The Kier molecular flexibility index (Phi) is 5.18. The molecular formula is C25H22BrN9. The van der Waals surface area contributed by atoms with E-state index in [0.717, 1.165) is 67.3 Å². The third-order valence-corrected chi connectivity index (χ3v) is 6.91. The standard InChI is InChI=1S/C25H22BrN9/c1-4-19-28-21-14(2)11-15(3)27-25(21)35(19)13-16-9-10-20-29-22(23(26)34(20)12-16)17-7-5-6-8-18(17)24-30-32-33-31-24/h5-12H,4,13H2,1-3H3,(H,30,31,32,33). The summed E-state index contributed by atoms with van der Waals surface area (Å²) in [5.41, 5.74) is 8.62. The molecule has 0 aliphatic carbocycles. The highest BCUT2D eigenvalue weighted by atomic mass is 79.9. The maximum Gasteiger partial charge on any atom is 0.205 e. The number of halogens is 1. The van der Waals surface area contributed by atoms with Crippen LogP contribution in [0.1, 0.15) is 29.6 Å². The Labute approximate surface area is 209 Å². The molecule has 0 saturated carbocycles. The molecule has 0 aliphatic rings. The molecule has 9 nitrogen and oxygen atoms in total. The van der Waals surface area contributed by atoms with Gasteiger partial charge in [-0.25, -0.2) is 15.0 Å². The summed E-state index contributed by atoms with van der Waals surface area (Å²) in [6, 6.07) is 14.1. The number of H-pyrrole nitrogens is 1. The Bertz CT molecular complexity index is 1700. The summed E-state index contributed by atoms with van der Waals surface area (Å²) in [6.07, 6.45) is 2.95. The molecule has 174 valence electrons. The van der Waals surface area contributed by atoms with E-state index in [-0.39, 0.29) is 0 Å². The summed E-state index contributed by atoms with van der Waals surface area (Å²) in [6.45, 7) is 6.92. The van der Waals surface area contributed by atoms with Gasteiger partial charge in [-0.2, -0.15) is 5.21 Å². The fourth-order valence-corrected chi connectivity index (χ4v) is 5.14. The molecule has 5 heterocycles. The van der Waals surface area contributed by atoms with Crippen LogP contribution in [-0.2, 0) is 13.0 Å². The molecule has 1 N–H and O–H groups in total. The number of benzene rings is 1. The Morgan fingerprint density at radius 1 is 1.00 bits per heavy atom. The quantitative estimate of drug-likeness (QED) is 0.341. The molecule has 10 heteroatoms. The second kappa shape index (κ2) is 8.38. The van der Waals surface area contributed by atoms with Crippen LogP contribution >= 0.6 is 15.9 Å². The normalized spacial score (nSPS) is 11.7. The predicted molar refractivity (Wildman–Crippen MR) is 137 cm³/mol. The van der Waals surface area contributed by atoms with Gasteiger partial charge in [0.25, 0.3) is 0 Å². The van der Waals surface area contributed by atoms with Gasteiger partial charge in [0.1, 0.15) is 27.3 Å². The number of tetrazole rings is 1. The minimum Gasteiger partial charge on any atom is -0.308 e. The highest BCUT2D eigenvalue weighted by Crippen LogP contribution is 2.35. The van der Waals surface area contributed by atoms with Crippen LogP contribution in [0.2, 0.25) is 0 Å². The van der Waals surface area contributed by atoms with E-state index in [1.807, 2.05) is 37.3 Å². The van der Waals surface area contributed by atoms with Gasteiger partial charge >= 0.3 is 0 Å². The molecule has 0 amide bonds. The molecule has 1 aromatic carbocycles.